The molecule has 0 radical (unpaired) electrons. The average molecular weight is 391 g/mol. The molecule has 2 atom stereocenters. The van der Waals surface area contributed by atoms with Crippen LogP contribution in [0.3, 0.4) is 0 Å². The van der Waals surface area contributed by atoms with Crippen molar-refractivity contribution >= 4 is 21.7 Å². The molecule has 1 aromatic carbocycles. The second kappa shape index (κ2) is 8.09. The van der Waals surface area contributed by atoms with E-state index in [1.54, 1.807) is 0 Å². The predicted molar refractivity (Wildman–Crippen MR) is 86.5 cm³/mol. The van der Waals surface area contributed by atoms with Crippen molar-refractivity contribution in [1.82, 2.24) is 4.90 Å². The fourth-order valence-corrected chi connectivity index (χ4v) is 3.29. The number of nitrogens with zero attached hydrogens (tertiary/aromatic N) is 1. The molecule has 1 saturated heterocycles. The van der Waals surface area contributed by atoms with Crippen molar-refractivity contribution in [3.63, 3.8) is 0 Å². The average Bonchev–Trinajstić information content (AvgIpc) is 2.58. The van der Waals surface area contributed by atoms with Crippen LogP contribution < -0.4 is 0 Å². The third-order valence-corrected chi connectivity index (χ3v) is 5.15. The minimum Gasteiger partial charge on any atom is -0.452 e. The fraction of sp³-hybridized carbons (Fsp3) is 0.500. The van der Waals surface area contributed by atoms with Gasteiger partial charge >= 0.3 is 11.7 Å². The van der Waals surface area contributed by atoms with Crippen LogP contribution in [0.15, 0.2) is 29.2 Å². The summed E-state index contributed by atoms with van der Waals surface area (Å²) in [7, 11) is -4.73. The summed E-state index contributed by atoms with van der Waals surface area (Å²) in [5.74, 6) is -4.78. The minimum absolute atomic E-state index is 0.0465. The van der Waals surface area contributed by atoms with E-state index in [0.29, 0.717) is 13.1 Å². The zero-order valence-electron chi connectivity index (χ0n) is 14.2. The molecule has 26 heavy (non-hydrogen) atoms. The largest absolute Gasteiger partial charge is 0.452 e. The van der Waals surface area contributed by atoms with Gasteiger partial charge in [0.2, 0.25) is 9.84 Å². The van der Waals surface area contributed by atoms with E-state index in [4.69, 9.17) is 9.47 Å². The Labute approximate surface area is 149 Å². The fourth-order valence-electron chi connectivity index (χ4n) is 2.57. The molecule has 0 spiro atoms. The smallest absolute Gasteiger partial charge is 0.341 e. The lowest BCUT2D eigenvalue weighted by atomic mass is 10.2. The van der Waals surface area contributed by atoms with E-state index < -0.39 is 33.1 Å². The number of morpholine rings is 1. The zero-order valence-corrected chi connectivity index (χ0v) is 15.0. The van der Waals surface area contributed by atoms with Crippen LogP contribution in [0.4, 0.5) is 8.78 Å². The molecule has 0 bridgehead atoms. The lowest BCUT2D eigenvalue weighted by Gasteiger charge is -2.35. The second-order valence-corrected chi connectivity index (χ2v) is 7.88. The quantitative estimate of drug-likeness (QED) is 0.707. The second-order valence-electron chi connectivity index (χ2n) is 5.96. The molecule has 1 aliphatic heterocycles. The number of carbonyl (C=O) groups is 2. The van der Waals surface area contributed by atoms with Gasteiger partial charge in [-0.05, 0) is 38.1 Å². The van der Waals surface area contributed by atoms with Crippen molar-refractivity contribution in [3.8, 4) is 0 Å². The number of hydrogen-bond acceptors (Lipinski definition) is 6. The Bertz CT molecular complexity index is 755. The first-order valence-corrected chi connectivity index (χ1v) is 9.38. The van der Waals surface area contributed by atoms with E-state index in [1.807, 2.05) is 13.8 Å². The van der Waals surface area contributed by atoms with Gasteiger partial charge in [0.25, 0.3) is 5.91 Å². The number of amides is 1. The molecule has 1 fully saturated rings. The minimum atomic E-state index is -4.73. The Balaban J connectivity index is 1.95. The number of hydrogen-bond donors (Lipinski definition) is 0. The highest BCUT2D eigenvalue weighted by molar-refractivity contribution is 7.91. The summed E-state index contributed by atoms with van der Waals surface area (Å²) in [5, 5.41) is 0. The van der Waals surface area contributed by atoms with E-state index in [-0.39, 0.29) is 23.7 Å². The number of benzene rings is 1. The highest BCUT2D eigenvalue weighted by atomic mass is 32.2. The molecule has 0 aromatic heterocycles. The highest BCUT2D eigenvalue weighted by Gasteiger charge is 2.28. The number of esters is 1. The summed E-state index contributed by atoms with van der Waals surface area (Å²) in [6, 6.07) is 3.90. The summed E-state index contributed by atoms with van der Waals surface area (Å²) in [4.78, 5) is 25.0. The number of alkyl halides is 2. The van der Waals surface area contributed by atoms with Gasteiger partial charge in [-0.3, -0.25) is 4.79 Å². The van der Waals surface area contributed by atoms with Crippen molar-refractivity contribution in [3.05, 3.63) is 29.8 Å². The van der Waals surface area contributed by atoms with Gasteiger partial charge in [0.15, 0.2) is 6.61 Å². The first-order valence-electron chi connectivity index (χ1n) is 7.83. The van der Waals surface area contributed by atoms with Crippen molar-refractivity contribution < 1.29 is 36.3 Å². The Hall–Kier alpha value is -2.07. The normalized spacial score (nSPS) is 20.9. The number of sulfone groups is 1. The van der Waals surface area contributed by atoms with E-state index in [2.05, 4.69) is 0 Å². The zero-order chi connectivity index (χ0) is 19.5. The van der Waals surface area contributed by atoms with Gasteiger partial charge in [-0.25, -0.2) is 13.2 Å². The molecule has 10 heteroatoms. The van der Waals surface area contributed by atoms with Gasteiger partial charge in [-0.1, -0.05) is 0 Å². The number of rotatable bonds is 5. The summed E-state index contributed by atoms with van der Waals surface area (Å²) in [5.41, 5.74) is -0.0465. The van der Waals surface area contributed by atoms with E-state index >= 15 is 0 Å². The first kappa shape index (κ1) is 20.2. The maximum atomic E-state index is 12.5. The summed E-state index contributed by atoms with van der Waals surface area (Å²) >= 11 is 0. The Morgan fingerprint density at radius 3 is 2.23 bits per heavy atom. The number of ether oxygens (including phenoxy) is 2. The summed E-state index contributed by atoms with van der Waals surface area (Å²) < 4.78 is 58.0. The monoisotopic (exact) mass is 391 g/mol. The maximum absolute atomic E-state index is 12.5. The summed E-state index contributed by atoms with van der Waals surface area (Å²) in [6.45, 7) is 3.96. The van der Waals surface area contributed by atoms with Crippen molar-refractivity contribution in [2.24, 2.45) is 0 Å². The molecular weight excluding hydrogens is 372 g/mol. The Kier molecular flexibility index (Phi) is 6.30. The van der Waals surface area contributed by atoms with E-state index in [9.17, 15) is 26.8 Å². The van der Waals surface area contributed by atoms with Crippen LogP contribution >= 0.6 is 0 Å². The van der Waals surface area contributed by atoms with Crippen LogP contribution in [0.2, 0.25) is 0 Å². The van der Waals surface area contributed by atoms with Gasteiger partial charge < -0.3 is 14.4 Å². The van der Waals surface area contributed by atoms with Gasteiger partial charge in [-0.15, -0.1) is 0 Å². The third-order valence-electron chi connectivity index (χ3n) is 3.75. The van der Waals surface area contributed by atoms with Gasteiger partial charge in [0.05, 0.1) is 22.7 Å². The topological polar surface area (TPSA) is 90.0 Å². The Morgan fingerprint density at radius 2 is 1.73 bits per heavy atom. The SMILES string of the molecule is CC1CN(C(=O)COC(=O)c2ccc(S(=O)(=O)C(F)F)cc2)CC(C)O1. The van der Waals surface area contributed by atoms with Crippen molar-refractivity contribution in [2.75, 3.05) is 19.7 Å². The van der Waals surface area contributed by atoms with Gasteiger partial charge in [0, 0.05) is 13.1 Å². The van der Waals surface area contributed by atoms with Gasteiger partial charge in [-0.2, -0.15) is 8.78 Å². The molecule has 0 N–H and O–H groups in total. The third kappa shape index (κ3) is 4.76. The van der Waals surface area contributed by atoms with E-state index in [1.165, 1.54) is 4.90 Å². The van der Waals surface area contributed by atoms with Crippen molar-refractivity contribution in [1.29, 1.82) is 0 Å². The first-order chi connectivity index (χ1) is 12.1. The molecule has 2 unspecified atom stereocenters. The molecule has 2 rings (SSSR count). The molecular formula is C16H19F2NO6S. The lowest BCUT2D eigenvalue weighted by Crippen LogP contribution is -2.49. The standard InChI is InChI=1S/C16H19F2NO6S/c1-10-7-19(8-11(2)25-10)14(20)9-24-15(21)12-3-5-13(6-4-12)26(22,23)16(17)18/h3-6,10-11,16H,7-9H2,1-2H3. The van der Waals surface area contributed by atoms with Crippen LogP contribution in [0.25, 0.3) is 0 Å². The van der Waals surface area contributed by atoms with E-state index in [0.717, 1.165) is 24.3 Å². The summed E-state index contributed by atoms with van der Waals surface area (Å²) in [6.07, 6.45) is -0.245. The van der Waals surface area contributed by atoms with Gasteiger partial charge in [0.1, 0.15) is 0 Å². The van der Waals surface area contributed by atoms with Crippen molar-refractivity contribution in [2.45, 2.75) is 36.7 Å². The molecule has 1 amide bonds. The van der Waals surface area contributed by atoms with Crippen LogP contribution in [0.5, 0.6) is 0 Å². The number of carbonyl (C=O) groups excluding carboxylic acids is 2. The van der Waals surface area contributed by atoms with Crippen LogP contribution in [-0.2, 0) is 24.1 Å². The maximum Gasteiger partial charge on any atom is 0.341 e. The molecule has 7 nitrogen and oxygen atoms in total. The Morgan fingerprint density at radius 1 is 1.19 bits per heavy atom. The lowest BCUT2D eigenvalue weighted by molar-refractivity contribution is -0.146. The highest BCUT2D eigenvalue weighted by Crippen LogP contribution is 2.19. The van der Waals surface area contributed by atoms with Crippen LogP contribution in [-0.4, -0.2) is 62.9 Å². The molecule has 1 heterocycles. The molecule has 144 valence electrons. The molecule has 0 saturated carbocycles. The molecule has 1 aliphatic rings. The number of halogens is 2. The molecule has 0 aliphatic carbocycles. The van der Waals surface area contributed by atoms with Crippen LogP contribution in [0.1, 0.15) is 24.2 Å². The molecule has 1 aromatic rings. The predicted octanol–water partition coefficient (Wildman–Crippen LogP) is 1.48. The van der Waals surface area contributed by atoms with Crippen LogP contribution in [0, 0.1) is 0 Å².